The maximum absolute atomic E-state index is 12.8. The molecule has 0 atom stereocenters. The Morgan fingerprint density at radius 2 is 1.75 bits per heavy atom. The van der Waals surface area contributed by atoms with Crippen LogP contribution in [0.15, 0.2) is 42.0 Å². The number of imide groups is 2. The van der Waals surface area contributed by atoms with Gasteiger partial charge in [-0.1, -0.05) is 40.9 Å². The number of carbonyl (C=O) groups excluding carboxylic acids is 3. The van der Waals surface area contributed by atoms with Crippen LogP contribution in [0.1, 0.15) is 12.5 Å². The summed E-state index contributed by atoms with van der Waals surface area (Å²) in [6, 6.07) is 8.21. The molecule has 3 rings (SSSR count). The molecule has 0 spiro atoms. The second-order valence-corrected chi connectivity index (χ2v) is 6.90. The van der Waals surface area contributed by atoms with Gasteiger partial charge in [0.05, 0.1) is 27.4 Å². The van der Waals surface area contributed by atoms with Crippen LogP contribution in [-0.4, -0.2) is 24.5 Å². The van der Waals surface area contributed by atoms with Crippen LogP contribution in [0.5, 0.6) is 5.75 Å². The number of halogens is 3. The topological polar surface area (TPSA) is 75.7 Å². The normalized spacial score (nSPS) is 15.8. The number of urea groups is 1. The Morgan fingerprint density at radius 3 is 2.39 bits per heavy atom. The SMILES string of the molecule is CCOc1ccc(/C=C2\C(=O)NC(=O)N(c3ccc(Cl)c(Cl)c3)C2=O)cc1Cl. The third-order valence-corrected chi connectivity index (χ3v) is 4.86. The fourth-order valence-corrected chi connectivity index (χ4v) is 3.10. The Hall–Kier alpha value is -2.54. The maximum atomic E-state index is 12.8. The lowest BCUT2D eigenvalue weighted by atomic mass is 10.1. The highest BCUT2D eigenvalue weighted by Gasteiger charge is 2.37. The molecule has 1 N–H and O–H groups in total. The van der Waals surface area contributed by atoms with E-state index in [9.17, 15) is 14.4 Å². The second kappa shape index (κ2) is 8.22. The lowest BCUT2D eigenvalue weighted by Gasteiger charge is -2.26. The van der Waals surface area contributed by atoms with E-state index in [1.54, 1.807) is 18.2 Å². The van der Waals surface area contributed by atoms with Crippen molar-refractivity contribution in [1.29, 1.82) is 0 Å². The lowest BCUT2D eigenvalue weighted by Crippen LogP contribution is -2.54. The first-order valence-corrected chi connectivity index (χ1v) is 9.24. The molecule has 1 fully saturated rings. The smallest absolute Gasteiger partial charge is 0.335 e. The molecule has 1 saturated heterocycles. The Labute approximate surface area is 175 Å². The van der Waals surface area contributed by atoms with Crippen molar-refractivity contribution in [2.75, 3.05) is 11.5 Å². The van der Waals surface area contributed by atoms with E-state index in [0.29, 0.717) is 22.9 Å². The summed E-state index contributed by atoms with van der Waals surface area (Å²) in [5.41, 5.74) is 0.446. The monoisotopic (exact) mass is 438 g/mol. The molecule has 2 aromatic rings. The number of benzene rings is 2. The van der Waals surface area contributed by atoms with Crippen molar-refractivity contribution in [3.8, 4) is 5.75 Å². The molecule has 1 aliphatic heterocycles. The number of amides is 4. The largest absolute Gasteiger partial charge is 0.492 e. The minimum atomic E-state index is -0.879. The molecule has 1 aliphatic rings. The van der Waals surface area contributed by atoms with Gasteiger partial charge in [0.1, 0.15) is 11.3 Å². The molecule has 144 valence electrons. The number of hydrogen-bond acceptors (Lipinski definition) is 4. The zero-order chi connectivity index (χ0) is 20.4. The molecule has 28 heavy (non-hydrogen) atoms. The third kappa shape index (κ3) is 3.99. The molecule has 0 saturated carbocycles. The van der Waals surface area contributed by atoms with Gasteiger partial charge < -0.3 is 4.74 Å². The summed E-state index contributed by atoms with van der Waals surface area (Å²) >= 11 is 18.0. The zero-order valence-corrected chi connectivity index (χ0v) is 16.7. The molecule has 6 nitrogen and oxygen atoms in total. The fraction of sp³-hybridized carbons (Fsp3) is 0.105. The number of anilines is 1. The summed E-state index contributed by atoms with van der Waals surface area (Å²) in [6.45, 7) is 2.27. The van der Waals surface area contributed by atoms with Gasteiger partial charge in [-0.3, -0.25) is 14.9 Å². The van der Waals surface area contributed by atoms with E-state index in [1.165, 1.54) is 24.3 Å². The Kier molecular flexibility index (Phi) is 5.93. The van der Waals surface area contributed by atoms with Crippen LogP contribution in [0.25, 0.3) is 6.08 Å². The number of barbiturate groups is 1. The van der Waals surface area contributed by atoms with Gasteiger partial charge >= 0.3 is 6.03 Å². The first-order valence-electron chi connectivity index (χ1n) is 8.10. The molecule has 4 amide bonds. The van der Waals surface area contributed by atoms with Crippen molar-refractivity contribution in [1.82, 2.24) is 5.32 Å². The van der Waals surface area contributed by atoms with E-state index >= 15 is 0 Å². The molecule has 0 aromatic heterocycles. The number of hydrogen-bond donors (Lipinski definition) is 1. The fourth-order valence-electron chi connectivity index (χ4n) is 2.56. The number of nitrogens with one attached hydrogen (secondary N) is 1. The molecule has 0 bridgehead atoms. The zero-order valence-electron chi connectivity index (χ0n) is 14.5. The van der Waals surface area contributed by atoms with Crippen molar-refractivity contribution in [2.45, 2.75) is 6.92 Å². The van der Waals surface area contributed by atoms with Gasteiger partial charge in [0, 0.05) is 0 Å². The van der Waals surface area contributed by atoms with Crippen LogP contribution in [0, 0.1) is 0 Å². The van der Waals surface area contributed by atoms with Crippen LogP contribution in [0.2, 0.25) is 15.1 Å². The Bertz CT molecular complexity index is 1020. The highest BCUT2D eigenvalue weighted by molar-refractivity contribution is 6.43. The lowest BCUT2D eigenvalue weighted by molar-refractivity contribution is -0.122. The predicted octanol–water partition coefficient (Wildman–Crippen LogP) is 4.71. The maximum Gasteiger partial charge on any atom is 0.335 e. The van der Waals surface area contributed by atoms with Crippen LogP contribution in [0.4, 0.5) is 10.5 Å². The number of ether oxygens (including phenoxy) is 1. The van der Waals surface area contributed by atoms with E-state index in [2.05, 4.69) is 5.32 Å². The average Bonchev–Trinajstić information content (AvgIpc) is 2.63. The van der Waals surface area contributed by atoms with Gasteiger partial charge in [0.2, 0.25) is 0 Å². The van der Waals surface area contributed by atoms with Crippen molar-refractivity contribution < 1.29 is 19.1 Å². The number of carbonyl (C=O) groups is 3. The standard InChI is InChI=1S/C19H13Cl3N2O4/c1-2-28-16-6-3-10(8-15(16)22)7-12-17(25)23-19(27)24(18(12)26)11-4-5-13(20)14(21)9-11/h3-9H,2H2,1H3,(H,23,25,27)/b12-7+. The summed E-state index contributed by atoms with van der Waals surface area (Å²) in [5, 5.41) is 2.90. The predicted molar refractivity (Wildman–Crippen MR) is 108 cm³/mol. The summed E-state index contributed by atoms with van der Waals surface area (Å²) in [4.78, 5) is 38.1. The van der Waals surface area contributed by atoms with E-state index in [0.717, 1.165) is 4.90 Å². The van der Waals surface area contributed by atoms with Gasteiger partial charge in [0.15, 0.2) is 0 Å². The number of rotatable bonds is 4. The van der Waals surface area contributed by atoms with Crippen LogP contribution in [0.3, 0.4) is 0 Å². The minimum absolute atomic E-state index is 0.167. The van der Waals surface area contributed by atoms with Gasteiger partial charge in [-0.15, -0.1) is 0 Å². The average molecular weight is 440 g/mol. The van der Waals surface area contributed by atoms with Gasteiger partial charge in [-0.2, -0.15) is 0 Å². The minimum Gasteiger partial charge on any atom is -0.492 e. The number of nitrogens with zero attached hydrogens (tertiary/aromatic N) is 1. The van der Waals surface area contributed by atoms with Gasteiger partial charge in [-0.25, -0.2) is 9.69 Å². The second-order valence-electron chi connectivity index (χ2n) is 5.68. The summed E-state index contributed by atoms with van der Waals surface area (Å²) in [7, 11) is 0. The summed E-state index contributed by atoms with van der Waals surface area (Å²) < 4.78 is 5.36. The van der Waals surface area contributed by atoms with Crippen molar-refractivity contribution in [2.24, 2.45) is 0 Å². The first kappa shape index (κ1) is 20.2. The van der Waals surface area contributed by atoms with Crippen LogP contribution in [-0.2, 0) is 9.59 Å². The van der Waals surface area contributed by atoms with Crippen molar-refractivity contribution in [3.63, 3.8) is 0 Å². The van der Waals surface area contributed by atoms with Crippen LogP contribution >= 0.6 is 34.8 Å². The molecule has 0 unspecified atom stereocenters. The van der Waals surface area contributed by atoms with Gasteiger partial charge in [0.25, 0.3) is 11.8 Å². The van der Waals surface area contributed by atoms with E-state index in [-0.39, 0.29) is 21.3 Å². The molecular weight excluding hydrogens is 427 g/mol. The van der Waals surface area contributed by atoms with Gasteiger partial charge in [-0.05, 0) is 48.9 Å². The molecule has 0 radical (unpaired) electrons. The molecule has 1 heterocycles. The quantitative estimate of drug-likeness (QED) is 0.553. The summed E-state index contributed by atoms with van der Waals surface area (Å²) in [6.07, 6.45) is 1.34. The molecular formula is C19H13Cl3N2O4. The summed E-state index contributed by atoms with van der Waals surface area (Å²) in [5.74, 6) is -1.12. The highest BCUT2D eigenvalue weighted by atomic mass is 35.5. The van der Waals surface area contributed by atoms with E-state index < -0.39 is 17.8 Å². The van der Waals surface area contributed by atoms with Crippen LogP contribution < -0.4 is 15.0 Å². The first-order chi connectivity index (χ1) is 13.3. The highest BCUT2D eigenvalue weighted by Crippen LogP contribution is 2.30. The van der Waals surface area contributed by atoms with Crippen molar-refractivity contribution in [3.05, 3.63) is 62.6 Å². The van der Waals surface area contributed by atoms with Crippen molar-refractivity contribution >= 4 is 64.4 Å². The third-order valence-electron chi connectivity index (χ3n) is 3.83. The molecule has 0 aliphatic carbocycles. The Morgan fingerprint density at radius 1 is 1.00 bits per heavy atom. The van der Waals surface area contributed by atoms with E-state index in [4.69, 9.17) is 39.5 Å². The Balaban J connectivity index is 1.98. The van der Waals surface area contributed by atoms with E-state index in [1.807, 2.05) is 6.92 Å². The molecule has 9 heteroatoms. The molecule has 2 aromatic carbocycles.